The molecule has 132 valence electrons. The fraction of sp³-hybridized carbons (Fsp3) is 0.500. The van der Waals surface area contributed by atoms with Crippen molar-refractivity contribution in [1.82, 2.24) is 19.7 Å². The molecule has 2 aliphatic rings. The van der Waals surface area contributed by atoms with Crippen LogP contribution in [0.4, 0.5) is 0 Å². The molecule has 1 amide bonds. The number of hydrogen-bond donors (Lipinski definition) is 0. The molecule has 2 aromatic heterocycles. The molecule has 4 rings (SSSR count). The van der Waals surface area contributed by atoms with Gasteiger partial charge in [0.1, 0.15) is 11.3 Å². The number of rotatable bonds is 5. The molecule has 0 N–H and O–H groups in total. The first-order valence-corrected chi connectivity index (χ1v) is 8.57. The topological polar surface area (TPSA) is 69.5 Å². The number of likely N-dealkylation sites (tertiary alicyclic amines) is 1. The number of ether oxygens (including phenoxy) is 2. The standard InChI is InChI=1S/C18H22N4O3/c1-21-8-5-16(20-21)17(23)22-12-18(13-22)14(6-9-25-18)10-24-11-15-4-2-3-7-19-15/h2-5,7-8,14H,6,9-13H2,1H3/t14-/m0/s1. The highest BCUT2D eigenvalue weighted by atomic mass is 16.5. The van der Waals surface area contributed by atoms with Gasteiger partial charge in [-0.1, -0.05) is 6.07 Å². The summed E-state index contributed by atoms with van der Waals surface area (Å²) in [6, 6.07) is 7.55. The highest BCUT2D eigenvalue weighted by molar-refractivity contribution is 5.93. The molecule has 0 saturated carbocycles. The van der Waals surface area contributed by atoms with Crippen molar-refractivity contribution in [3.05, 3.63) is 48.0 Å². The number of aryl methyl sites for hydroxylation is 1. The lowest BCUT2D eigenvalue weighted by molar-refractivity contribution is -0.129. The maximum absolute atomic E-state index is 12.4. The first-order valence-electron chi connectivity index (χ1n) is 8.57. The molecule has 0 bridgehead atoms. The Bertz CT molecular complexity index is 740. The van der Waals surface area contributed by atoms with Gasteiger partial charge in [-0.2, -0.15) is 5.10 Å². The van der Waals surface area contributed by atoms with Gasteiger partial charge in [0.2, 0.25) is 0 Å². The molecule has 2 saturated heterocycles. The zero-order valence-corrected chi connectivity index (χ0v) is 14.3. The van der Waals surface area contributed by atoms with Crippen LogP contribution in [0.25, 0.3) is 0 Å². The molecule has 2 fully saturated rings. The van der Waals surface area contributed by atoms with Gasteiger partial charge >= 0.3 is 0 Å². The smallest absolute Gasteiger partial charge is 0.274 e. The Kier molecular flexibility index (Phi) is 4.27. The Morgan fingerprint density at radius 3 is 3.00 bits per heavy atom. The number of nitrogens with zero attached hydrogens (tertiary/aromatic N) is 4. The van der Waals surface area contributed by atoms with Gasteiger partial charge in [-0.15, -0.1) is 0 Å². The summed E-state index contributed by atoms with van der Waals surface area (Å²) in [7, 11) is 1.81. The van der Waals surface area contributed by atoms with E-state index < -0.39 is 0 Å². The zero-order valence-electron chi connectivity index (χ0n) is 14.3. The number of aromatic nitrogens is 3. The van der Waals surface area contributed by atoms with Crippen LogP contribution in [0.5, 0.6) is 0 Å². The summed E-state index contributed by atoms with van der Waals surface area (Å²) in [5.41, 5.74) is 1.16. The van der Waals surface area contributed by atoms with Crippen LogP contribution in [0.2, 0.25) is 0 Å². The third-order valence-corrected chi connectivity index (χ3v) is 5.03. The Morgan fingerprint density at radius 2 is 2.28 bits per heavy atom. The van der Waals surface area contributed by atoms with Gasteiger partial charge in [-0.05, 0) is 24.6 Å². The molecule has 2 aliphatic heterocycles. The predicted molar refractivity (Wildman–Crippen MR) is 89.8 cm³/mol. The van der Waals surface area contributed by atoms with E-state index in [0.717, 1.165) is 18.7 Å². The molecule has 25 heavy (non-hydrogen) atoms. The van der Waals surface area contributed by atoms with E-state index in [1.807, 2.05) is 25.2 Å². The first kappa shape index (κ1) is 16.2. The molecule has 0 radical (unpaired) electrons. The molecule has 7 nitrogen and oxygen atoms in total. The van der Waals surface area contributed by atoms with Gasteiger partial charge < -0.3 is 14.4 Å². The molecular weight excluding hydrogens is 320 g/mol. The van der Waals surface area contributed by atoms with Crippen LogP contribution >= 0.6 is 0 Å². The van der Waals surface area contributed by atoms with E-state index in [-0.39, 0.29) is 11.5 Å². The number of amides is 1. The monoisotopic (exact) mass is 342 g/mol. The normalized spacial score (nSPS) is 21.5. The van der Waals surface area contributed by atoms with Crippen LogP contribution in [-0.2, 0) is 23.1 Å². The Hall–Kier alpha value is -2.25. The largest absolute Gasteiger partial charge is 0.375 e. The minimum atomic E-state index is -0.255. The third kappa shape index (κ3) is 3.17. The maximum atomic E-state index is 12.4. The van der Waals surface area contributed by atoms with Crippen molar-refractivity contribution in [2.75, 3.05) is 26.3 Å². The molecule has 7 heteroatoms. The second-order valence-electron chi connectivity index (χ2n) is 6.77. The quantitative estimate of drug-likeness (QED) is 0.818. The summed E-state index contributed by atoms with van der Waals surface area (Å²) < 4.78 is 13.5. The van der Waals surface area contributed by atoms with E-state index in [0.29, 0.717) is 37.9 Å². The molecule has 4 heterocycles. The van der Waals surface area contributed by atoms with Gasteiger partial charge in [0.25, 0.3) is 5.91 Å². The highest BCUT2D eigenvalue weighted by Gasteiger charge is 2.54. The van der Waals surface area contributed by atoms with E-state index in [9.17, 15) is 4.79 Å². The molecule has 0 aliphatic carbocycles. The first-order chi connectivity index (χ1) is 12.2. The van der Waals surface area contributed by atoms with Crippen molar-refractivity contribution in [2.45, 2.75) is 18.6 Å². The SMILES string of the molecule is Cn1ccc(C(=O)N2CC3(C2)OCC[C@H]3COCc2ccccn2)n1. The summed E-state index contributed by atoms with van der Waals surface area (Å²) in [5, 5.41) is 4.18. The van der Waals surface area contributed by atoms with Gasteiger partial charge in [0.05, 0.1) is 32.0 Å². The fourth-order valence-electron chi connectivity index (χ4n) is 3.59. The number of pyridine rings is 1. The van der Waals surface area contributed by atoms with Crippen molar-refractivity contribution in [1.29, 1.82) is 0 Å². The van der Waals surface area contributed by atoms with E-state index in [4.69, 9.17) is 9.47 Å². The van der Waals surface area contributed by atoms with Gasteiger partial charge in [-0.3, -0.25) is 14.5 Å². The summed E-state index contributed by atoms with van der Waals surface area (Å²) in [6.45, 7) is 3.08. The van der Waals surface area contributed by atoms with E-state index in [2.05, 4.69) is 10.1 Å². The molecular formula is C18H22N4O3. The third-order valence-electron chi connectivity index (χ3n) is 5.03. The van der Waals surface area contributed by atoms with E-state index >= 15 is 0 Å². The van der Waals surface area contributed by atoms with Crippen molar-refractivity contribution in [3.8, 4) is 0 Å². The lowest BCUT2D eigenvalue weighted by atomic mass is 9.81. The second kappa shape index (κ2) is 6.57. The highest BCUT2D eigenvalue weighted by Crippen LogP contribution is 2.40. The van der Waals surface area contributed by atoms with Crippen LogP contribution in [-0.4, -0.2) is 57.5 Å². The Morgan fingerprint density at radius 1 is 1.40 bits per heavy atom. The summed E-state index contributed by atoms with van der Waals surface area (Å²) in [5.74, 6) is 0.277. The number of carbonyl (C=O) groups excluding carboxylic acids is 1. The number of hydrogen-bond acceptors (Lipinski definition) is 5. The minimum Gasteiger partial charge on any atom is -0.375 e. The lowest BCUT2D eigenvalue weighted by Gasteiger charge is -2.49. The molecule has 1 spiro atoms. The van der Waals surface area contributed by atoms with Gasteiger partial charge in [-0.25, -0.2) is 0 Å². The van der Waals surface area contributed by atoms with Crippen molar-refractivity contribution in [2.24, 2.45) is 13.0 Å². The summed E-state index contributed by atoms with van der Waals surface area (Å²) >= 11 is 0. The van der Waals surface area contributed by atoms with Gasteiger partial charge in [0, 0.05) is 32.0 Å². The van der Waals surface area contributed by atoms with Crippen molar-refractivity contribution in [3.63, 3.8) is 0 Å². The van der Waals surface area contributed by atoms with Gasteiger partial charge in [0.15, 0.2) is 0 Å². The van der Waals surface area contributed by atoms with Crippen molar-refractivity contribution < 1.29 is 14.3 Å². The van der Waals surface area contributed by atoms with Crippen LogP contribution in [0.15, 0.2) is 36.7 Å². The van der Waals surface area contributed by atoms with Crippen LogP contribution in [0, 0.1) is 5.92 Å². The average molecular weight is 342 g/mol. The Balaban J connectivity index is 1.31. The maximum Gasteiger partial charge on any atom is 0.274 e. The van der Waals surface area contributed by atoms with Crippen LogP contribution in [0.1, 0.15) is 22.6 Å². The molecule has 0 aromatic carbocycles. The summed E-state index contributed by atoms with van der Waals surface area (Å²) in [4.78, 5) is 18.5. The lowest BCUT2D eigenvalue weighted by Crippen LogP contribution is -2.66. The Labute approximate surface area is 146 Å². The summed E-state index contributed by atoms with van der Waals surface area (Å²) in [6.07, 6.45) is 4.52. The van der Waals surface area contributed by atoms with Crippen LogP contribution < -0.4 is 0 Å². The number of carbonyl (C=O) groups is 1. The van der Waals surface area contributed by atoms with E-state index in [1.165, 1.54) is 0 Å². The van der Waals surface area contributed by atoms with Crippen molar-refractivity contribution >= 4 is 5.91 Å². The average Bonchev–Trinajstić information content (AvgIpc) is 3.20. The predicted octanol–water partition coefficient (Wildman–Crippen LogP) is 1.26. The van der Waals surface area contributed by atoms with E-state index in [1.54, 1.807) is 28.0 Å². The molecule has 2 aromatic rings. The second-order valence-corrected chi connectivity index (χ2v) is 6.77. The fourth-order valence-corrected chi connectivity index (χ4v) is 3.59. The van der Waals surface area contributed by atoms with Crippen LogP contribution in [0.3, 0.4) is 0 Å². The molecule has 0 unspecified atom stereocenters. The zero-order chi connectivity index (χ0) is 17.3. The molecule has 1 atom stereocenters. The minimum absolute atomic E-state index is 0.0325.